The average molecular weight is 375 g/mol. The lowest BCUT2D eigenvalue weighted by Gasteiger charge is -2.35. The highest BCUT2D eigenvalue weighted by Crippen LogP contribution is 2.35. The van der Waals surface area contributed by atoms with Gasteiger partial charge in [0.15, 0.2) is 23.3 Å². The van der Waals surface area contributed by atoms with E-state index >= 15 is 0 Å². The summed E-state index contributed by atoms with van der Waals surface area (Å²) in [4.78, 5) is 1.45. The number of nitrogens with zero attached hydrogens (tertiary/aromatic N) is 1. The zero-order chi connectivity index (χ0) is 18.7. The Morgan fingerprint density at radius 2 is 0.885 bits per heavy atom. The highest BCUT2D eigenvalue weighted by atomic mass is 19.2. The van der Waals surface area contributed by atoms with Crippen LogP contribution in [0.1, 0.15) is 64.2 Å². The van der Waals surface area contributed by atoms with Gasteiger partial charge in [-0.15, -0.1) is 0 Å². The van der Waals surface area contributed by atoms with Crippen molar-refractivity contribution >= 4 is 5.69 Å². The minimum atomic E-state index is -2.08. The molecule has 26 heavy (non-hydrogen) atoms. The van der Waals surface area contributed by atoms with E-state index in [1.165, 1.54) is 4.90 Å². The van der Waals surface area contributed by atoms with Crippen LogP contribution in [0, 0.1) is 40.9 Å². The first-order valence-electron chi connectivity index (χ1n) is 9.75. The maximum atomic E-state index is 14.4. The van der Waals surface area contributed by atoms with Crippen LogP contribution in [0.2, 0.25) is 0 Å². The predicted molar refractivity (Wildman–Crippen MR) is 91.6 cm³/mol. The molecule has 2 aliphatic rings. The van der Waals surface area contributed by atoms with Gasteiger partial charge >= 0.3 is 0 Å². The van der Waals surface area contributed by atoms with Crippen molar-refractivity contribution in [2.24, 2.45) is 11.8 Å². The van der Waals surface area contributed by atoms with Gasteiger partial charge < -0.3 is 4.90 Å². The third-order valence-electron chi connectivity index (χ3n) is 5.91. The van der Waals surface area contributed by atoms with E-state index in [2.05, 4.69) is 0 Å². The second kappa shape index (κ2) is 8.57. The maximum Gasteiger partial charge on any atom is 0.200 e. The molecule has 0 atom stereocenters. The lowest BCUT2D eigenvalue weighted by atomic mass is 9.86. The first-order valence-corrected chi connectivity index (χ1v) is 9.75. The summed E-state index contributed by atoms with van der Waals surface area (Å²) < 4.78 is 69.7. The molecule has 0 unspecified atom stereocenters. The summed E-state index contributed by atoms with van der Waals surface area (Å²) in [5, 5.41) is 0. The van der Waals surface area contributed by atoms with E-state index in [-0.39, 0.29) is 11.8 Å². The van der Waals surface area contributed by atoms with Crippen molar-refractivity contribution in [1.29, 1.82) is 0 Å². The van der Waals surface area contributed by atoms with E-state index in [0.717, 1.165) is 64.2 Å². The van der Waals surface area contributed by atoms with Crippen molar-refractivity contribution in [2.75, 3.05) is 18.0 Å². The van der Waals surface area contributed by atoms with Gasteiger partial charge in [0.2, 0.25) is 5.82 Å². The molecule has 2 aliphatic carbocycles. The van der Waals surface area contributed by atoms with Crippen molar-refractivity contribution in [2.45, 2.75) is 64.2 Å². The van der Waals surface area contributed by atoms with Crippen LogP contribution < -0.4 is 4.90 Å². The first kappa shape index (κ1) is 19.4. The monoisotopic (exact) mass is 375 g/mol. The van der Waals surface area contributed by atoms with E-state index in [9.17, 15) is 22.0 Å². The van der Waals surface area contributed by atoms with Crippen LogP contribution in [-0.2, 0) is 0 Å². The first-order chi connectivity index (χ1) is 12.5. The fourth-order valence-corrected chi connectivity index (χ4v) is 4.49. The number of rotatable bonds is 5. The third kappa shape index (κ3) is 4.15. The molecule has 1 nitrogen and oxygen atoms in total. The largest absolute Gasteiger partial charge is 0.366 e. The summed E-state index contributed by atoms with van der Waals surface area (Å²) in [6.07, 6.45) is 10.3. The molecule has 1 aromatic rings. The van der Waals surface area contributed by atoms with E-state index in [1.54, 1.807) is 0 Å². The molecule has 0 aromatic heterocycles. The maximum absolute atomic E-state index is 14.4. The molecule has 146 valence electrons. The normalized spacial score (nSPS) is 19.7. The topological polar surface area (TPSA) is 3.24 Å². The van der Waals surface area contributed by atoms with Crippen LogP contribution in [0.15, 0.2) is 0 Å². The molecule has 0 radical (unpaired) electrons. The summed E-state index contributed by atoms with van der Waals surface area (Å²) in [7, 11) is 0. The molecule has 0 saturated heterocycles. The predicted octanol–water partition coefficient (Wildman–Crippen LogP) is 6.35. The molecular weight excluding hydrogens is 349 g/mol. The number of halogens is 5. The van der Waals surface area contributed by atoms with E-state index in [4.69, 9.17) is 0 Å². The summed E-state index contributed by atoms with van der Waals surface area (Å²) in [5.74, 6) is -8.71. The number of anilines is 1. The summed E-state index contributed by atoms with van der Waals surface area (Å²) in [5.41, 5.74) is -0.738. The van der Waals surface area contributed by atoms with Gasteiger partial charge in [-0.1, -0.05) is 38.5 Å². The van der Waals surface area contributed by atoms with E-state index in [1.807, 2.05) is 0 Å². The van der Waals surface area contributed by atoms with E-state index in [0.29, 0.717) is 13.1 Å². The molecule has 2 saturated carbocycles. The number of hydrogen-bond acceptors (Lipinski definition) is 1. The molecule has 1 aromatic carbocycles. The third-order valence-corrected chi connectivity index (χ3v) is 5.91. The fourth-order valence-electron chi connectivity index (χ4n) is 4.49. The molecule has 6 heteroatoms. The Morgan fingerprint density at radius 1 is 0.538 bits per heavy atom. The van der Waals surface area contributed by atoms with Crippen LogP contribution in [0.4, 0.5) is 27.6 Å². The lowest BCUT2D eigenvalue weighted by Crippen LogP contribution is -2.37. The Morgan fingerprint density at radius 3 is 1.27 bits per heavy atom. The molecule has 0 heterocycles. The number of hydrogen-bond donors (Lipinski definition) is 0. The molecule has 0 amide bonds. The van der Waals surface area contributed by atoms with Crippen LogP contribution in [0.3, 0.4) is 0 Å². The second-order valence-electron chi connectivity index (χ2n) is 7.83. The SMILES string of the molecule is Fc1c(F)c(F)c(N(CC2CCCCC2)CC2CCCCC2)c(F)c1F. The molecule has 0 bridgehead atoms. The lowest BCUT2D eigenvalue weighted by molar-refractivity contribution is 0.320. The standard InChI is InChI=1S/C20H26F5N/c21-15-16(22)18(24)20(19(25)17(15)23)26(11-13-7-3-1-4-8-13)12-14-9-5-2-6-10-14/h13-14H,1-12H2. The Balaban J connectivity index is 1.91. The van der Waals surface area contributed by atoms with Gasteiger partial charge in [-0.25, -0.2) is 22.0 Å². The number of benzene rings is 1. The molecule has 2 fully saturated rings. The van der Waals surface area contributed by atoms with Gasteiger partial charge in [-0.3, -0.25) is 0 Å². The van der Waals surface area contributed by atoms with Crippen LogP contribution >= 0.6 is 0 Å². The van der Waals surface area contributed by atoms with Gasteiger partial charge in [0, 0.05) is 13.1 Å². The highest BCUT2D eigenvalue weighted by Gasteiger charge is 2.31. The second-order valence-corrected chi connectivity index (χ2v) is 7.83. The highest BCUT2D eigenvalue weighted by molar-refractivity contribution is 5.50. The summed E-state index contributed by atoms with van der Waals surface area (Å²) in [6, 6.07) is 0. The Hall–Kier alpha value is -1.33. The molecule has 0 spiro atoms. The smallest absolute Gasteiger partial charge is 0.200 e. The van der Waals surface area contributed by atoms with Crippen molar-refractivity contribution in [3.63, 3.8) is 0 Å². The van der Waals surface area contributed by atoms with Crippen molar-refractivity contribution < 1.29 is 22.0 Å². The van der Waals surface area contributed by atoms with Gasteiger partial charge in [-0.2, -0.15) is 0 Å². The van der Waals surface area contributed by atoms with Crippen LogP contribution in [0.25, 0.3) is 0 Å². The fraction of sp³-hybridized carbons (Fsp3) is 0.700. The Labute approximate surface area is 151 Å². The van der Waals surface area contributed by atoms with Crippen molar-refractivity contribution in [3.8, 4) is 0 Å². The van der Waals surface area contributed by atoms with Gasteiger partial charge in [-0.05, 0) is 37.5 Å². The van der Waals surface area contributed by atoms with Crippen molar-refractivity contribution in [3.05, 3.63) is 29.1 Å². The minimum Gasteiger partial charge on any atom is -0.366 e. The molecule has 0 aliphatic heterocycles. The molecular formula is C20H26F5N. The zero-order valence-corrected chi connectivity index (χ0v) is 15.0. The van der Waals surface area contributed by atoms with Gasteiger partial charge in [0.05, 0.1) is 0 Å². The minimum absolute atomic E-state index is 0.238. The summed E-state index contributed by atoms with van der Waals surface area (Å²) >= 11 is 0. The molecule has 0 N–H and O–H groups in total. The Kier molecular flexibility index (Phi) is 6.41. The van der Waals surface area contributed by atoms with Gasteiger partial charge in [0.1, 0.15) is 5.69 Å². The van der Waals surface area contributed by atoms with Gasteiger partial charge in [0.25, 0.3) is 0 Å². The quantitative estimate of drug-likeness (QED) is 0.329. The van der Waals surface area contributed by atoms with E-state index < -0.39 is 34.8 Å². The van der Waals surface area contributed by atoms with Crippen LogP contribution in [0.5, 0.6) is 0 Å². The van der Waals surface area contributed by atoms with Crippen LogP contribution in [-0.4, -0.2) is 13.1 Å². The molecule has 3 rings (SSSR count). The zero-order valence-electron chi connectivity index (χ0n) is 15.0. The average Bonchev–Trinajstić information content (AvgIpc) is 2.66. The summed E-state index contributed by atoms with van der Waals surface area (Å²) in [6.45, 7) is 0.712. The Bertz CT molecular complexity index is 572. The van der Waals surface area contributed by atoms with Crippen molar-refractivity contribution in [1.82, 2.24) is 0 Å².